The number of aliphatic hydroxyl groups is 1. The van der Waals surface area contributed by atoms with Gasteiger partial charge in [0, 0.05) is 33.2 Å². The fourth-order valence-corrected chi connectivity index (χ4v) is 1.88. The topological polar surface area (TPSA) is 72.9 Å². The van der Waals surface area contributed by atoms with Crippen molar-refractivity contribution in [3.63, 3.8) is 0 Å². The van der Waals surface area contributed by atoms with Gasteiger partial charge in [-0.25, -0.2) is 4.39 Å². The molecule has 0 aromatic heterocycles. The summed E-state index contributed by atoms with van der Waals surface area (Å²) in [6.07, 6.45) is 0.0398. The number of piperazine rings is 1. The van der Waals surface area contributed by atoms with Gasteiger partial charge in [-0.2, -0.15) is 0 Å². The van der Waals surface area contributed by atoms with E-state index in [2.05, 4.69) is 5.32 Å². The lowest BCUT2D eigenvalue weighted by Crippen LogP contribution is -2.56. The van der Waals surface area contributed by atoms with E-state index in [9.17, 15) is 14.0 Å². The molecule has 18 heavy (non-hydrogen) atoms. The Hall–Kier alpha value is -1.21. The highest BCUT2D eigenvalue weighted by Gasteiger charge is 2.30. The molecule has 0 saturated carbocycles. The number of alkyl halides is 1. The molecule has 7 heteroatoms. The maximum absolute atomic E-state index is 12.3. The summed E-state index contributed by atoms with van der Waals surface area (Å²) in [6.45, 7) is 0.679. The van der Waals surface area contributed by atoms with E-state index in [0.29, 0.717) is 13.1 Å². The first kappa shape index (κ1) is 14.8. The van der Waals surface area contributed by atoms with Crippen LogP contribution in [0.4, 0.5) is 4.39 Å². The van der Waals surface area contributed by atoms with Crippen molar-refractivity contribution in [3.05, 3.63) is 0 Å². The number of rotatable bonds is 6. The Morgan fingerprint density at radius 1 is 1.67 bits per heavy atom. The Kier molecular flexibility index (Phi) is 6.00. The largest absolute Gasteiger partial charge is 0.395 e. The van der Waals surface area contributed by atoms with Gasteiger partial charge in [0.2, 0.25) is 11.8 Å². The highest BCUT2D eigenvalue weighted by atomic mass is 19.1. The maximum Gasteiger partial charge on any atom is 0.240 e. The number of aliphatic hydroxyl groups excluding tert-OH is 1. The summed E-state index contributed by atoms with van der Waals surface area (Å²) in [5.41, 5.74) is 0. The lowest BCUT2D eigenvalue weighted by molar-refractivity contribution is -0.140. The van der Waals surface area contributed by atoms with Crippen molar-refractivity contribution in [3.8, 4) is 0 Å². The number of hydrogen-bond acceptors (Lipinski definition) is 4. The number of likely N-dealkylation sites (N-methyl/N-ethyl adjacent to an activating group) is 1. The molecule has 1 aliphatic heterocycles. The van der Waals surface area contributed by atoms with E-state index in [0.717, 1.165) is 0 Å². The fraction of sp³-hybridized carbons (Fsp3) is 0.818. The summed E-state index contributed by atoms with van der Waals surface area (Å²) in [7, 11) is 1.57. The minimum atomic E-state index is -0.584. The van der Waals surface area contributed by atoms with Crippen molar-refractivity contribution in [2.24, 2.45) is 0 Å². The maximum atomic E-state index is 12.3. The molecule has 2 amide bonds. The van der Waals surface area contributed by atoms with Gasteiger partial charge >= 0.3 is 0 Å². The van der Waals surface area contributed by atoms with Gasteiger partial charge in [-0.1, -0.05) is 0 Å². The Balaban J connectivity index is 2.50. The molecule has 104 valence electrons. The molecule has 6 nitrogen and oxygen atoms in total. The minimum absolute atomic E-state index is 0.0398. The van der Waals surface area contributed by atoms with E-state index in [1.165, 1.54) is 9.80 Å². The van der Waals surface area contributed by atoms with Crippen LogP contribution in [0.25, 0.3) is 0 Å². The van der Waals surface area contributed by atoms with Gasteiger partial charge in [-0.05, 0) is 0 Å². The summed E-state index contributed by atoms with van der Waals surface area (Å²) < 4.78 is 12.3. The Morgan fingerprint density at radius 2 is 2.39 bits per heavy atom. The first-order valence-corrected chi connectivity index (χ1v) is 6.03. The van der Waals surface area contributed by atoms with Crippen LogP contribution in [-0.4, -0.2) is 79.3 Å². The van der Waals surface area contributed by atoms with Crippen LogP contribution in [0.15, 0.2) is 0 Å². The van der Waals surface area contributed by atoms with Crippen molar-refractivity contribution in [2.45, 2.75) is 12.5 Å². The molecule has 1 aliphatic rings. The molecular weight excluding hydrogens is 241 g/mol. The van der Waals surface area contributed by atoms with Gasteiger partial charge in [0.1, 0.15) is 6.67 Å². The van der Waals surface area contributed by atoms with Crippen LogP contribution < -0.4 is 5.32 Å². The smallest absolute Gasteiger partial charge is 0.240 e. The Labute approximate surface area is 106 Å². The van der Waals surface area contributed by atoms with Crippen molar-refractivity contribution >= 4 is 11.8 Å². The van der Waals surface area contributed by atoms with Crippen LogP contribution in [0.5, 0.6) is 0 Å². The average Bonchev–Trinajstić information content (AvgIpc) is 2.34. The standard InChI is InChI=1S/C11H20FN3O3/c1-14(6-7-16)10(17)8-9-11(18)15(4-2-12)5-3-13-9/h9,13,16H,2-8H2,1H3. The number of amides is 2. The first-order chi connectivity index (χ1) is 8.60. The molecule has 2 N–H and O–H groups in total. The zero-order valence-corrected chi connectivity index (χ0v) is 10.6. The summed E-state index contributed by atoms with van der Waals surface area (Å²) in [5.74, 6) is -0.443. The SMILES string of the molecule is CN(CCO)C(=O)CC1NCCN(CCF)C1=O. The fourth-order valence-electron chi connectivity index (χ4n) is 1.88. The Bertz CT molecular complexity index is 299. The van der Waals surface area contributed by atoms with Gasteiger partial charge in [0.15, 0.2) is 0 Å². The first-order valence-electron chi connectivity index (χ1n) is 6.03. The van der Waals surface area contributed by atoms with Gasteiger partial charge in [-0.15, -0.1) is 0 Å². The predicted molar refractivity (Wildman–Crippen MR) is 63.7 cm³/mol. The zero-order chi connectivity index (χ0) is 13.5. The second kappa shape index (κ2) is 7.27. The summed E-state index contributed by atoms with van der Waals surface area (Å²) in [6, 6.07) is -0.584. The number of halogens is 1. The molecule has 1 unspecified atom stereocenters. The molecule has 1 heterocycles. The second-order valence-corrected chi connectivity index (χ2v) is 4.26. The van der Waals surface area contributed by atoms with E-state index in [1.807, 2.05) is 0 Å². The van der Waals surface area contributed by atoms with Crippen LogP contribution in [0.1, 0.15) is 6.42 Å². The van der Waals surface area contributed by atoms with Crippen LogP contribution in [0.2, 0.25) is 0 Å². The lowest BCUT2D eigenvalue weighted by atomic mass is 10.1. The summed E-state index contributed by atoms with van der Waals surface area (Å²) in [4.78, 5) is 26.5. The number of hydrogen-bond donors (Lipinski definition) is 2. The van der Waals surface area contributed by atoms with Gasteiger partial charge in [0.25, 0.3) is 0 Å². The highest BCUT2D eigenvalue weighted by molar-refractivity contribution is 5.88. The van der Waals surface area contributed by atoms with Crippen molar-refractivity contribution in [1.82, 2.24) is 15.1 Å². The Morgan fingerprint density at radius 3 is 3.00 bits per heavy atom. The molecule has 1 rings (SSSR count). The molecule has 0 aromatic rings. The number of nitrogens with one attached hydrogen (secondary N) is 1. The molecule has 0 aromatic carbocycles. The zero-order valence-electron chi connectivity index (χ0n) is 10.6. The van der Waals surface area contributed by atoms with Gasteiger partial charge in [-0.3, -0.25) is 9.59 Å². The molecule has 0 aliphatic carbocycles. The summed E-state index contributed by atoms with van der Waals surface area (Å²) >= 11 is 0. The minimum Gasteiger partial charge on any atom is -0.395 e. The van der Waals surface area contributed by atoms with Gasteiger partial charge in [0.05, 0.1) is 19.1 Å². The van der Waals surface area contributed by atoms with Crippen molar-refractivity contribution < 1.29 is 19.1 Å². The molecule has 0 radical (unpaired) electrons. The van der Waals surface area contributed by atoms with Crippen LogP contribution in [0.3, 0.4) is 0 Å². The lowest BCUT2D eigenvalue weighted by Gasteiger charge is -2.33. The van der Waals surface area contributed by atoms with E-state index < -0.39 is 12.7 Å². The molecule has 0 spiro atoms. The van der Waals surface area contributed by atoms with Crippen LogP contribution >= 0.6 is 0 Å². The monoisotopic (exact) mass is 261 g/mol. The van der Waals surface area contributed by atoms with E-state index in [-0.39, 0.29) is 37.9 Å². The van der Waals surface area contributed by atoms with Crippen LogP contribution in [-0.2, 0) is 9.59 Å². The van der Waals surface area contributed by atoms with Crippen molar-refractivity contribution in [2.75, 3.05) is 46.5 Å². The highest BCUT2D eigenvalue weighted by Crippen LogP contribution is 2.06. The van der Waals surface area contributed by atoms with Gasteiger partial charge < -0.3 is 20.2 Å². The van der Waals surface area contributed by atoms with E-state index in [4.69, 9.17) is 5.11 Å². The predicted octanol–water partition coefficient (Wildman–Crippen LogP) is -1.40. The third-order valence-electron chi connectivity index (χ3n) is 2.98. The molecule has 0 bridgehead atoms. The van der Waals surface area contributed by atoms with E-state index >= 15 is 0 Å². The normalized spacial score (nSPS) is 20.1. The summed E-state index contributed by atoms with van der Waals surface area (Å²) in [5, 5.41) is 11.7. The quantitative estimate of drug-likeness (QED) is 0.616. The van der Waals surface area contributed by atoms with E-state index in [1.54, 1.807) is 7.05 Å². The van der Waals surface area contributed by atoms with Crippen LogP contribution in [0, 0.1) is 0 Å². The third-order valence-corrected chi connectivity index (χ3v) is 2.98. The molecule has 1 atom stereocenters. The number of carbonyl (C=O) groups is 2. The number of nitrogens with zero attached hydrogens (tertiary/aromatic N) is 2. The average molecular weight is 261 g/mol. The van der Waals surface area contributed by atoms with Crippen molar-refractivity contribution in [1.29, 1.82) is 0 Å². The second-order valence-electron chi connectivity index (χ2n) is 4.26. The molecule has 1 saturated heterocycles. The molecular formula is C11H20FN3O3. The molecule has 1 fully saturated rings. The third kappa shape index (κ3) is 3.92. The number of carbonyl (C=O) groups excluding carboxylic acids is 2.